The molecule has 1 saturated heterocycles. The summed E-state index contributed by atoms with van der Waals surface area (Å²) in [5.41, 5.74) is 0.525. The largest absolute Gasteiger partial charge is 0.492 e. The van der Waals surface area contributed by atoms with Gasteiger partial charge in [0.25, 0.3) is 16.9 Å². The lowest BCUT2D eigenvalue weighted by atomic mass is 10.1. The Morgan fingerprint density at radius 1 is 1.19 bits per heavy atom. The van der Waals surface area contributed by atoms with Crippen LogP contribution in [0.2, 0.25) is 0 Å². The maximum Gasteiger partial charge on any atom is 0.294 e. The summed E-state index contributed by atoms with van der Waals surface area (Å²) in [6.07, 6.45) is 1.52. The van der Waals surface area contributed by atoms with Gasteiger partial charge in [-0.25, -0.2) is 0 Å². The first-order valence-corrected chi connectivity index (χ1v) is 8.62. The minimum Gasteiger partial charge on any atom is -0.492 e. The summed E-state index contributed by atoms with van der Waals surface area (Å²) >= 11 is 0. The fraction of sp³-hybridized carbons (Fsp3) is 0.529. The van der Waals surface area contributed by atoms with Gasteiger partial charge < -0.3 is 9.57 Å². The molecule has 1 aromatic rings. The van der Waals surface area contributed by atoms with E-state index in [-0.39, 0.29) is 17.7 Å². The van der Waals surface area contributed by atoms with E-state index in [0.29, 0.717) is 12.4 Å². The summed E-state index contributed by atoms with van der Waals surface area (Å²) in [4.78, 5) is 42.9. The maximum absolute atomic E-state index is 12.5. The number of hydrogen-bond acceptors (Lipinski definition) is 7. The molecule has 0 N–H and O–H groups in total. The monoisotopic (exact) mass is 363 g/mol. The molecule has 0 saturated carbocycles. The van der Waals surface area contributed by atoms with Crippen LogP contribution in [0.15, 0.2) is 18.2 Å². The summed E-state index contributed by atoms with van der Waals surface area (Å²) in [7, 11) is 0. The van der Waals surface area contributed by atoms with E-state index in [1.165, 1.54) is 19.8 Å². The topological polar surface area (TPSA) is 102 Å². The lowest BCUT2D eigenvalue weighted by Crippen LogP contribution is -2.37. The molecule has 2 aliphatic heterocycles. The Kier molecular flexibility index (Phi) is 5.36. The van der Waals surface area contributed by atoms with Crippen molar-refractivity contribution >= 4 is 11.8 Å². The molecule has 9 heteroatoms. The summed E-state index contributed by atoms with van der Waals surface area (Å²) in [6.45, 7) is 4.75. The molecule has 2 aliphatic rings. The molecule has 1 aromatic carbocycles. The molecule has 0 aliphatic carbocycles. The van der Waals surface area contributed by atoms with Crippen molar-refractivity contribution in [3.05, 3.63) is 39.4 Å². The third-order valence-electron chi connectivity index (χ3n) is 4.52. The molecule has 0 aromatic heterocycles. The Morgan fingerprint density at radius 2 is 1.88 bits per heavy atom. The quantitative estimate of drug-likeness (QED) is 0.390. The number of amides is 2. The molecule has 2 heterocycles. The molecule has 0 bridgehead atoms. The fourth-order valence-corrected chi connectivity index (χ4v) is 3.26. The smallest absolute Gasteiger partial charge is 0.294 e. The van der Waals surface area contributed by atoms with Gasteiger partial charge in [-0.3, -0.25) is 19.4 Å². The van der Waals surface area contributed by atoms with E-state index in [1.54, 1.807) is 18.2 Å². The summed E-state index contributed by atoms with van der Waals surface area (Å²) < 4.78 is 5.71. The Bertz CT molecular complexity index is 716. The van der Waals surface area contributed by atoms with Crippen LogP contribution in [0.1, 0.15) is 40.5 Å². The first-order chi connectivity index (χ1) is 12.5. The second kappa shape index (κ2) is 7.69. The average Bonchev–Trinajstić information content (AvgIpc) is 3.18. The Hall–Kier alpha value is -2.68. The molecule has 26 heavy (non-hydrogen) atoms. The maximum atomic E-state index is 12.5. The van der Waals surface area contributed by atoms with Crippen LogP contribution >= 0.6 is 0 Å². The second-order valence-corrected chi connectivity index (χ2v) is 6.47. The zero-order chi connectivity index (χ0) is 18.7. The van der Waals surface area contributed by atoms with Crippen molar-refractivity contribution in [2.75, 3.05) is 32.8 Å². The molecule has 9 nitrogen and oxygen atoms in total. The molecule has 1 atom stereocenters. The fourth-order valence-electron chi connectivity index (χ4n) is 3.26. The van der Waals surface area contributed by atoms with Crippen LogP contribution in [-0.2, 0) is 4.84 Å². The van der Waals surface area contributed by atoms with E-state index < -0.39 is 23.0 Å². The first-order valence-electron chi connectivity index (χ1n) is 8.62. The van der Waals surface area contributed by atoms with Crippen LogP contribution in [-0.4, -0.2) is 65.6 Å². The van der Waals surface area contributed by atoms with Gasteiger partial charge in [0.1, 0.15) is 18.5 Å². The van der Waals surface area contributed by atoms with Gasteiger partial charge in [0.05, 0.1) is 17.7 Å². The summed E-state index contributed by atoms with van der Waals surface area (Å²) in [6, 6.07) is 4.77. The van der Waals surface area contributed by atoms with Crippen LogP contribution < -0.4 is 4.74 Å². The number of hydrogen-bond donors (Lipinski definition) is 0. The lowest BCUT2D eigenvalue weighted by molar-refractivity contribution is -0.767. The van der Waals surface area contributed by atoms with E-state index in [4.69, 9.17) is 4.74 Å². The number of likely N-dealkylation sites (tertiary alicyclic amines) is 1. The van der Waals surface area contributed by atoms with Crippen LogP contribution in [0.5, 0.6) is 5.75 Å². The van der Waals surface area contributed by atoms with E-state index in [9.17, 15) is 19.7 Å². The molecule has 140 valence electrons. The van der Waals surface area contributed by atoms with Crippen molar-refractivity contribution in [2.24, 2.45) is 0 Å². The minimum atomic E-state index is -0.935. The zero-order valence-electron chi connectivity index (χ0n) is 14.6. The third kappa shape index (κ3) is 3.93. The van der Waals surface area contributed by atoms with E-state index in [2.05, 4.69) is 9.74 Å². The lowest BCUT2D eigenvalue weighted by Gasteiger charge is -2.17. The Morgan fingerprint density at radius 3 is 2.58 bits per heavy atom. The van der Waals surface area contributed by atoms with Gasteiger partial charge in [0.15, 0.2) is 0 Å². The van der Waals surface area contributed by atoms with Crippen LogP contribution in [0, 0.1) is 10.1 Å². The van der Waals surface area contributed by atoms with Crippen molar-refractivity contribution in [1.29, 1.82) is 0 Å². The van der Waals surface area contributed by atoms with E-state index in [0.717, 1.165) is 24.5 Å². The molecular weight excluding hydrogens is 342 g/mol. The third-order valence-corrected chi connectivity index (χ3v) is 4.52. The highest BCUT2D eigenvalue weighted by molar-refractivity contribution is 6.21. The number of carbonyl (C=O) groups is 2. The van der Waals surface area contributed by atoms with Gasteiger partial charge in [0.2, 0.25) is 0 Å². The molecule has 3 rings (SSSR count). The van der Waals surface area contributed by atoms with E-state index >= 15 is 0 Å². The van der Waals surface area contributed by atoms with Crippen LogP contribution in [0.25, 0.3) is 0 Å². The molecular formula is C17H21N3O6. The minimum absolute atomic E-state index is 0.182. The van der Waals surface area contributed by atoms with Gasteiger partial charge in [0, 0.05) is 6.54 Å². The second-order valence-electron chi connectivity index (χ2n) is 6.47. The first kappa shape index (κ1) is 18.1. The highest BCUT2D eigenvalue weighted by Gasteiger charge is 2.37. The van der Waals surface area contributed by atoms with Crippen molar-refractivity contribution in [3.8, 4) is 5.75 Å². The number of ether oxygens (including phenoxy) is 1. The normalized spacial score (nSPS) is 18.1. The van der Waals surface area contributed by atoms with Crippen molar-refractivity contribution in [1.82, 2.24) is 9.80 Å². The zero-order valence-corrected chi connectivity index (χ0v) is 14.6. The van der Waals surface area contributed by atoms with Crippen molar-refractivity contribution < 1.29 is 24.3 Å². The molecule has 2 amide bonds. The van der Waals surface area contributed by atoms with Crippen molar-refractivity contribution in [2.45, 2.75) is 25.9 Å². The van der Waals surface area contributed by atoms with Gasteiger partial charge in [-0.2, -0.15) is 0 Å². The highest BCUT2D eigenvalue weighted by Crippen LogP contribution is 2.27. The molecule has 1 fully saturated rings. The average molecular weight is 363 g/mol. The number of carbonyl (C=O) groups excluding carboxylic acids is 2. The van der Waals surface area contributed by atoms with Gasteiger partial charge in [-0.15, -0.1) is 10.1 Å². The Balaban J connectivity index is 1.62. The predicted molar refractivity (Wildman–Crippen MR) is 90.5 cm³/mol. The standard InChI is InChI=1S/C17H21N3O6/c1-12(26-20(23)24)11-19-16(21)14-5-4-13(10-15(14)17(19)22)25-9-8-18-6-2-3-7-18/h4-5,10,12H,2-3,6-9,11H2,1H3. The SMILES string of the molecule is CC(CN1C(=O)c2ccc(OCCN3CCCC3)cc2C1=O)O[N+](=O)[O-]. The van der Waals surface area contributed by atoms with E-state index in [1.807, 2.05) is 0 Å². The Labute approximate surface area is 150 Å². The molecule has 0 radical (unpaired) electrons. The number of imide groups is 1. The van der Waals surface area contributed by atoms with Gasteiger partial charge in [-0.1, -0.05) is 0 Å². The van der Waals surface area contributed by atoms with Gasteiger partial charge >= 0.3 is 0 Å². The number of rotatable bonds is 8. The summed E-state index contributed by atoms with van der Waals surface area (Å²) in [5.74, 6) is -0.443. The predicted octanol–water partition coefficient (Wildman–Crippen LogP) is 1.35. The number of fused-ring (bicyclic) bond motifs is 1. The van der Waals surface area contributed by atoms with Crippen LogP contribution in [0.4, 0.5) is 0 Å². The summed E-state index contributed by atoms with van der Waals surface area (Å²) in [5, 5.41) is 9.44. The van der Waals surface area contributed by atoms with Crippen molar-refractivity contribution in [3.63, 3.8) is 0 Å². The number of nitrogens with zero attached hydrogens (tertiary/aromatic N) is 3. The molecule has 0 spiro atoms. The highest BCUT2D eigenvalue weighted by atomic mass is 17.0. The van der Waals surface area contributed by atoms with Crippen LogP contribution in [0.3, 0.4) is 0 Å². The van der Waals surface area contributed by atoms with Gasteiger partial charge in [-0.05, 0) is 51.1 Å². The molecule has 1 unspecified atom stereocenters. The number of benzene rings is 1.